The molecule has 2 aliphatic rings. The summed E-state index contributed by atoms with van der Waals surface area (Å²) in [6, 6.07) is 7.41. The zero-order valence-corrected chi connectivity index (χ0v) is 14.3. The van der Waals surface area contributed by atoms with Gasteiger partial charge in [-0.15, -0.1) is 0 Å². The summed E-state index contributed by atoms with van der Waals surface area (Å²) in [5.41, 5.74) is 0.563. The molecule has 0 saturated heterocycles. The summed E-state index contributed by atoms with van der Waals surface area (Å²) in [6.45, 7) is 4.69. The van der Waals surface area contributed by atoms with Crippen LogP contribution >= 0.6 is 0 Å². The lowest BCUT2D eigenvalue weighted by Crippen LogP contribution is -2.58. The van der Waals surface area contributed by atoms with Crippen LogP contribution in [0.4, 0.5) is 14.9 Å². The first kappa shape index (κ1) is 16.7. The highest BCUT2D eigenvalue weighted by Crippen LogP contribution is 2.52. The van der Waals surface area contributed by atoms with Gasteiger partial charge < -0.3 is 15.0 Å². The van der Waals surface area contributed by atoms with Crippen molar-refractivity contribution in [3.63, 3.8) is 0 Å². The normalized spacial score (nSPS) is 25.0. The zero-order chi connectivity index (χ0) is 17.5. The van der Waals surface area contributed by atoms with Crippen LogP contribution < -0.4 is 5.32 Å². The number of carbonyl (C=O) groups is 2. The van der Waals surface area contributed by atoms with Gasteiger partial charge in [-0.05, 0) is 45.2 Å². The molecule has 1 spiro atoms. The van der Waals surface area contributed by atoms with Gasteiger partial charge in [0.05, 0.1) is 12.0 Å². The lowest BCUT2D eigenvalue weighted by Gasteiger charge is -2.48. The number of ether oxygens (including phenoxy) is 1. The van der Waals surface area contributed by atoms with Gasteiger partial charge in [0.1, 0.15) is 12.3 Å². The number of rotatable bonds is 3. The third-order valence-electron chi connectivity index (χ3n) is 4.69. The molecule has 0 radical (unpaired) electrons. The Morgan fingerprint density at radius 3 is 2.67 bits per heavy atom. The first-order chi connectivity index (χ1) is 11.3. The van der Waals surface area contributed by atoms with Gasteiger partial charge in [0.2, 0.25) is 5.91 Å². The van der Waals surface area contributed by atoms with Crippen LogP contribution in [-0.4, -0.2) is 41.8 Å². The quantitative estimate of drug-likeness (QED) is 0.923. The van der Waals surface area contributed by atoms with Gasteiger partial charge >= 0.3 is 6.09 Å². The number of amides is 2. The zero-order valence-electron chi connectivity index (χ0n) is 14.3. The Labute approximate surface area is 141 Å². The average molecular weight is 334 g/mol. The second-order valence-electron chi connectivity index (χ2n) is 7.51. The first-order valence-corrected chi connectivity index (χ1v) is 8.23. The molecule has 2 amide bonds. The Morgan fingerprint density at radius 1 is 1.38 bits per heavy atom. The van der Waals surface area contributed by atoms with E-state index < -0.39 is 23.8 Å². The molecule has 0 aromatic heterocycles. The molecule has 130 valence electrons. The molecule has 0 bridgehead atoms. The van der Waals surface area contributed by atoms with Crippen molar-refractivity contribution in [2.24, 2.45) is 0 Å². The van der Waals surface area contributed by atoms with E-state index in [1.165, 1.54) is 4.90 Å². The molecule has 1 aliphatic carbocycles. The maximum Gasteiger partial charge on any atom is 0.410 e. The van der Waals surface area contributed by atoms with E-state index in [4.69, 9.17) is 4.74 Å². The summed E-state index contributed by atoms with van der Waals surface area (Å²) in [5.74, 6) is -0.0377. The molecular weight excluding hydrogens is 311 g/mol. The van der Waals surface area contributed by atoms with Crippen LogP contribution in [0.15, 0.2) is 24.3 Å². The molecular formula is C18H23FN2O3. The lowest BCUT2D eigenvalue weighted by molar-refractivity contribution is -0.126. The molecule has 5 nitrogen and oxygen atoms in total. The minimum absolute atomic E-state index is 0.0150. The summed E-state index contributed by atoms with van der Waals surface area (Å²) < 4.78 is 18.3. The van der Waals surface area contributed by atoms with Crippen molar-refractivity contribution in [1.82, 2.24) is 4.90 Å². The molecule has 1 saturated carbocycles. The average Bonchev–Trinajstić information content (AvgIpc) is 2.74. The summed E-state index contributed by atoms with van der Waals surface area (Å²) in [5, 5.41) is 2.90. The van der Waals surface area contributed by atoms with Crippen molar-refractivity contribution in [1.29, 1.82) is 0 Å². The smallest absolute Gasteiger partial charge is 0.410 e. The van der Waals surface area contributed by atoms with Crippen LogP contribution in [0.5, 0.6) is 0 Å². The summed E-state index contributed by atoms with van der Waals surface area (Å²) >= 11 is 0. The Hall–Kier alpha value is -2.11. The van der Waals surface area contributed by atoms with Crippen molar-refractivity contribution < 1.29 is 18.7 Å². The number of hydrogen-bond donors (Lipinski definition) is 1. The number of fused-ring (bicyclic) bond motifs is 2. The highest BCUT2D eigenvalue weighted by molar-refractivity contribution is 6.07. The fraction of sp³-hybridized carbons (Fsp3) is 0.556. The minimum Gasteiger partial charge on any atom is -0.444 e. The van der Waals surface area contributed by atoms with E-state index >= 15 is 0 Å². The molecule has 1 fully saturated rings. The van der Waals surface area contributed by atoms with Crippen LogP contribution in [0.3, 0.4) is 0 Å². The number of benzene rings is 1. The molecule has 0 unspecified atom stereocenters. The van der Waals surface area contributed by atoms with E-state index in [9.17, 15) is 14.0 Å². The number of para-hydroxylation sites is 1. The standard InChI is InChI=1S/C18H23FN2O3/c1-17(2,3)24-16(23)21(9-8-19)12-10-18(11-12)13-6-4-5-7-14(13)20-15(18)22/h4-7,12H,8-11H2,1-3H3,(H,20,22). The van der Waals surface area contributed by atoms with Crippen LogP contribution in [0.1, 0.15) is 39.2 Å². The monoisotopic (exact) mass is 334 g/mol. The van der Waals surface area contributed by atoms with Gasteiger partial charge in [-0.3, -0.25) is 4.79 Å². The van der Waals surface area contributed by atoms with Gasteiger partial charge in [0, 0.05) is 11.7 Å². The number of carbonyl (C=O) groups excluding carboxylic acids is 2. The Kier molecular flexibility index (Phi) is 4.01. The van der Waals surface area contributed by atoms with Crippen molar-refractivity contribution >= 4 is 17.7 Å². The van der Waals surface area contributed by atoms with Gasteiger partial charge in [-0.25, -0.2) is 9.18 Å². The van der Waals surface area contributed by atoms with E-state index in [0.29, 0.717) is 12.8 Å². The topological polar surface area (TPSA) is 58.6 Å². The Morgan fingerprint density at radius 2 is 2.04 bits per heavy atom. The molecule has 1 aromatic rings. The molecule has 0 atom stereocenters. The highest BCUT2D eigenvalue weighted by Gasteiger charge is 2.57. The van der Waals surface area contributed by atoms with Crippen LogP contribution in [-0.2, 0) is 14.9 Å². The summed E-state index contributed by atoms with van der Waals surface area (Å²) in [4.78, 5) is 26.2. The molecule has 24 heavy (non-hydrogen) atoms. The molecule has 1 heterocycles. The van der Waals surface area contributed by atoms with E-state index in [0.717, 1.165) is 11.3 Å². The first-order valence-electron chi connectivity index (χ1n) is 8.23. The Balaban J connectivity index is 1.76. The van der Waals surface area contributed by atoms with E-state index in [-0.39, 0.29) is 18.5 Å². The van der Waals surface area contributed by atoms with E-state index in [1.807, 2.05) is 24.3 Å². The largest absolute Gasteiger partial charge is 0.444 e. The summed E-state index contributed by atoms with van der Waals surface area (Å²) in [6.07, 6.45) is 0.469. The highest BCUT2D eigenvalue weighted by atomic mass is 19.1. The SMILES string of the molecule is CC(C)(C)OC(=O)N(CCF)C1CC2(C1)C(=O)Nc1ccccc12. The molecule has 1 aromatic carbocycles. The minimum atomic E-state index is -0.635. The summed E-state index contributed by atoms with van der Waals surface area (Å²) in [7, 11) is 0. The van der Waals surface area contributed by atoms with Crippen LogP contribution in [0.25, 0.3) is 0 Å². The van der Waals surface area contributed by atoms with Crippen molar-refractivity contribution in [2.45, 2.75) is 50.7 Å². The number of alkyl halides is 1. The lowest BCUT2D eigenvalue weighted by atomic mass is 9.61. The Bertz CT molecular complexity index is 662. The fourth-order valence-corrected chi connectivity index (χ4v) is 3.58. The number of nitrogens with zero attached hydrogens (tertiary/aromatic N) is 1. The predicted molar refractivity (Wildman–Crippen MR) is 88.7 cm³/mol. The fourth-order valence-electron chi connectivity index (χ4n) is 3.58. The van der Waals surface area contributed by atoms with Gasteiger partial charge in [0.25, 0.3) is 0 Å². The van der Waals surface area contributed by atoms with Gasteiger partial charge in [-0.2, -0.15) is 0 Å². The van der Waals surface area contributed by atoms with Gasteiger partial charge in [-0.1, -0.05) is 18.2 Å². The predicted octanol–water partition coefficient (Wildman–Crippen LogP) is 3.25. The van der Waals surface area contributed by atoms with E-state index in [1.54, 1.807) is 20.8 Å². The molecule has 1 N–H and O–H groups in total. The molecule has 3 rings (SSSR count). The molecule has 1 aliphatic heterocycles. The third kappa shape index (κ3) is 2.74. The van der Waals surface area contributed by atoms with Crippen molar-refractivity contribution in [3.8, 4) is 0 Å². The number of halogens is 1. The van der Waals surface area contributed by atoms with Crippen LogP contribution in [0.2, 0.25) is 0 Å². The van der Waals surface area contributed by atoms with Crippen molar-refractivity contribution in [3.05, 3.63) is 29.8 Å². The van der Waals surface area contributed by atoms with Crippen LogP contribution in [0, 0.1) is 0 Å². The second kappa shape index (κ2) is 5.76. The second-order valence-corrected chi connectivity index (χ2v) is 7.51. The third-order valence-corrected chi connectivity index (χ3v) is 4.69. The van der Waals surface area contributed by atoms with Gasteiger partial charge in [0.15, 0.2) is 0 Å². The number of anilines is 1. The number of nitrogens with one attached hydrogen (secondary N) is 1. The maximum atomic E-state index is 12.9. The van der Waals surface area contributed by atoms with Crippen molar-refractivity contribution in [2.75, 3.05) is 18.5 Å². The van der Waals surface area contributed by atoms with E-state index in [2.05, 4.69) is 5.32 Å². The maximum absolute atomic E-state index is 12.9. The molecule has 6 heteroatoms. The number of hydrogen-bond acceptors (Lipinski definition) is 3.